The number of ketones is 1. The van der Waals surface area contributed by atoms with E-state index in [1.54, 1.807) is 36.1 Å². The lowest BCUT2D eigenvalue weighted by atomic mass is 10.1. The van der Waals surface area contributed by atoms with Crippen molar-refractivity contribution in [1.82, 2.24) is 4.90 Å². The van der Waals surface area contributed by atoms with Gasteiger partial charge < -0.3 is 9.64 Å². The van der Waals surface area contributed by atoms with Crippen molar-refractivity contribution >= 4 is 17.7 Å². The van der Waals surface area contributed by atoms with Crippen molar-refractivity contribution in [3.05, 3.63) is 35.9 Å². The van der Waals surface area contributed by atoms with Gasteiger partial charge in [0.15, 0.2) is 5.78 Å². The maximum Gasteiger partial charge on any atom is 0.307 e. The summed E-state index contributed by atoms with van der Waals surface area (Å²) in [5.41, 5.74) is 0.616. The van der Waals surface area contributed by atoms with Crippen molar-refractivity contribution in [1.29, 1.82) is 0 Å². The van der Waals surface area contributed by atoms with Crippen LogP contribution in [0.25, 0.3) is 0 Å². The fraction of sp³-hybridized carbons (Fsp3) is 0.471. The van der Waals surface area contributed by atoms with Crippen LogP contribution in [0.1, 0.15) is 43.5 Å². The molecule has 0 aliphatic rings. The number of nitrogens with zero attached hydrogens (tertiary/aromatic N) is 1. The predicted octanol–water partition coefficient (Wildman–Crippen LogP) is 2.45. The van der Waals surface area contributed by atoms with E-state index in [-0.39, 0.29) is 36.9 Å². The Labute approximate surface area is 131 Å². The molecule has 0 spiro atoms. The molecule has 1 aromatic carbocycles. The van der Waals surface area contributed by atoms with Crippen LogP contribution in [0.2, 0.25) is 0 Å². The van der Waals surface area contributed by atoms with Gasteiger partial charge in [0.2, 0.25) is 5.91 Å². The van der Waals surface area contributed by atoms with Gasteiger partial charge in [-0.2, -0.15) is 0 Å². The number of amides is 1. The minimum Gasteiger partial charge on any atom is -0.466 e. The number of carbonyl (C=O) groups is 3. The van der Waals surface area contributed by atoms with Gasteiger partial charge in [-0.05, 0) is 13.8 Å². The molecule has 0 unspecified atom stereocenters. The molecule has 0 aromatic heterocycles. The molecular formula is C17H23NO4. The third-order valence-electron chi connectivity index (χ3n) is 3.29. The number of hydrogen-bond acceptors (Lipinski definition) is 4. The second-order valence-corrected chi connectivity index (χ2v) is 4.82. The molecule has 0 saturated heterocycles. The number of rotatable bonds is 9. The molecule has 0 fully saturated rings. The van der Waals surface area contributed by atoms with E-state index in [1.165, 1.54) is 0 Å². The highest BCUT2D eigenvalue weighted by molar-refractivity contribution is 5.97. The zero-order valence-electron chi connectivity index (χ0n) is 13.2. The van der Waals surface area contributed by atoms with Gasteiger partial charge in [0, 0.05) is 31.5 Å². The van der Waals surface area contributed by atoms with Crippen molar-refractivity contribution in [3.63, 3.8) is 0 Å². The average Bonchev–Trinajstić information content (AvgIpc) is 2.54. The first-order valence-corrected chi connectivity index (χ1v) is 7.60. The van der Waals surface area contributed by atoms with Gasteiger partial charge in [0.05, 0.1) is 13.0 Å². The Hall–Kier alpha value is -2.17. The highest BCUT2D eigenvalue weighted by Crippen LogP contribution is 2.07. The van der Waals surface area contributed by atoms with Crippen LogP contribution < -0.4 is 0 Å². The molecule has 0 N–H and O–H groups in total. The summed E-state index contributed by atoms with van der Waals surface area (Å²) >= 11 is 0. The lowest BCUT2D eigenvalue weighted by Gasteiger charge is -2.20. The summed E-state index contributed by atoms with van der Waals surface area (Å²) in [4.78, 5) is 37.0. The fourth-order valence-corrected chi connectivity index (χ4v) is 2.07. The average molecular weight is 305 g/mol. The van der Waals surface area contributed by atoms with Gasteiger partial charge in [0.25, 0.3) is 0 Å². The molecule has 1 rings (SSSR count). The van der Waals surface area contributed by atoms with Crippen LogP contribution in [0.15, 0.2) is 30.3 Å². The van der Waals surface area contributed by atoms with Gasteiger partial charge in [-0.15, -0.1) is 0 Å². The first-order chi connectivity index (χ1) is 10.6. The second kappa shape index (κ2) is 9.71. The standard InChI is InChI=1S/C17H23NO4/c1-3-18(13-12-17(21)22-4-2)16(20)11-10-15(19)14-8-6-5-7-9-14/h5-9H,3-4,10-13H2,1-2H3. The zero-order chi connectivity index (χ0) is 16.4. The molecule has 5 nitrogen and oxygen atoms in total. The first-order valence-electron chi connectivity index (χ1n) is 7.60. The monoisotopic (exact) mass is 305 g/mol. The van der Waals surface area contributed by atoms with Crippen molar-refractivity contribution in [3.8, 4) is 0 Å². The molecule has 0 saturated carbocycles. The Kier molecular flexibility index (Phi) is 7.89. The third-order valence-corrected chi connectivity index (χ3v) is 3.29. The van der Waals surface area contributed by atoms with Gasteiger partial charge in [-0.3, -0.25) is 14.4 Å². The Morgan fingerprint density at radius 3 is 2.27 bits per heavy atom. The van der Waals surface area contributed by atoms with E-state index in [0.29, 0.717) is 25.3 Å². The number of ether oxygens (including phenoxy) is 1. The van der Waals surface area contributed by atoms with Crippen LogP contribution in [-0.4, -0.2) is 42.3 Å². The van der Waals surface area contributed by atoms with E-state index in [0.717, 1.165) is 0 Å². The number of Topliss-reactive ketones (excluding diaryl/α,β-unsaturated/α-hetero) is 1. The molecule has 0 aliphatic heterocycles. The van der Waals surface area contributed by atoms with E-state index in [2.05, 4.69) is 0 Å². The van der Waals surface area contributed by atoms with Crippen LogP contribution >= 0.6 is 0 Å². The summed E-state index contributed by atoms with van der Waals surface area (Å²) in [6.07, 6.45) is 0.517. The minimum absolute atomic E-state index is 0.0459. The molecule has 22 heavy (non-hydrogen) atoms. The lowest BCUT2D eigenvalue weighted by Crippen LogP contribution is -2.33. The number of carbonyl (C=O) groups excluding carboxylic acids is 3. The topological polar surface area (TPSA) is 63.7 Å². The number of esters is 1. The largest absolute Gasteiger partial charge is 0.466 e. The van der Waals surface area contributed by atoms with Crippen LogP contribution in [0, 0.1) is 0 Å². The number of benzene rings is 1. The van der Waals surface area contributed by atoms with E-state index in [4.69, 9.17) is 4.74 Å². The highest BCUT2D eigenvalue weighted by atomic mass is 16.5. The van der Waals surface area contributed by atoms with Gasteiger partial charge in [-0.1, -0.05) is 30.3 Å². The normalized spacial score (nSPS) is 10.1. The summed E-state index contributed by atoms with van der Waals surface area (Å²) < 4.78 is 4.84. The van der Waals surface area contributed by atoms with E-state index in [9.17, 15) is 14.4 Å². The van der Waals surface area contributed by atoms with Crippen molar-refractivity contribution < 1.29 is 19.1 Å². The summed E-state index contributed by atoms with van der Waals surface area (Å²) in [5.74, 6) is -0.472. The fourth-order valence-electron chi connectivity index (χ4n) is 2.07. The molecule has 0 radical (unpaired) electrons. The van der Waals surface area contributed by atoms with E-state index < -0.39 is 0 Å². The highest BCUT2D eigenvalue weighted by Gasteiger charge is 2.15. The predicted molar refractivity (Wildman–Crippen MR) is 83.5 cm³/mol. The maximum absolute atomic E-state index is 12.1. The van der Waals surface area contributed by atoms with Gasteiger partial charge in [0.1, 0.15) is 0 Å². The Balaban J connectivity index is 2.41. The molecule has 0 aliphatic carbocycles. The van der Waals surface area contributed by atoms with Crippen LogP contribution in [0.4, 0.5) is 0 Å². The summed E-state index contributed by atoms with van der Waals surface area (Å²) in [6, 6.07) is 8.92. The van der Waals surface area contributed by atoms with Crippen LogP contribution in [-0.2, 0) is 14.3 Å². The van der Waals surface area contributed by atoms with Crippen molar-refractivity contribution in [2.75, 3.05) is 19.7 Å². The summed E-state index contributed by atoms with van der Waals surface area (Å²) in [6.45, 7) is 4.77. The Bertz CT molecular complexity index is 499. The first kappa shape index (κ1) is 17.9. The second-order valence-electron chi connectivity index (χ2n) is 4.82. The summed E-state index contributed by atoms with van der Waals surface area (Å²) in [5, 5.41) is 0. The van der Waals surface area contributed by atoms with Crippen LogP contribution in [0.5, 0.6) is 0 Å². The van der Waals surface area contributed by atoms with Gasteiger partial charge in [-0.25, -0.2) is 0 Å². The quantitative estimate of drug-likeness (QED) is 0.519. The van der Waals surface area contributed by atoms with Crippen molar-refractivity contribution in [2.24, 2.45) is 0 Å². The molecule has 0 atom stereocenters. The van der Waals surface area contributed by atoms with Crippen molar-refractivity contribution in [2.45, 2.75) is 33.1 Å². The molecule has 120 valence electrons. The molecule has 1 aromatic rings. The Morgan fingerprint density at radius 1 is 1.00 bits per heavy atom. The molecular weight excluding hydrogens is 282 g/mol. The SMILES string of the molecule is CCOC(=O)CCN(CC)C(=O)CCC(=O)c1ccccc1. The zero-order valence-corrected chi connectivity index (χ0v) is 13.2. The smallest absolute Gasteiger partial charge is 0.307 e. The summed E-state index contributed by atoms with van der Waals surface area (Å²) in [7, 11) is 0. The molecule has 1 amide bonds. The van der Waals surface area contributed by atoms with E-state index in [1.807, 2.05) is 13.0 Å². The maximum atomic E-state index is 12.1. The molecule has 0 bridgehead atoms. The van der Waals surface area contributed by atoms with E-state index >= 15 is 0 Å². The molecule has 5 heteroatoms. The lowest BCUT2D eigenvalue weighted by molar-refractivity contribution is -0.144. The minimum atomic E-state index is -0.311. The number of hydrogen-bond donors (Lipinski definition) is 0. The van der Waals surface area contributed by atoms with Crippen LogP contribution in [0.3, 0.4) is 0 Å². The molecule has 0 heterocycles. The van der Waals surface area contributed by atoms with Gasteiger partial charge >= 0.3 is 5.97 Å². The third kappa shape index (κ3) is 6.08. The Morgan fingerprint density at radius 2 is 1.68 bits per heavy atom.